The predicted molar refractivity (Wildman–Crippen MR) is 76.4 cm³/mol. The Balaban J connectivity index is 3.26. The van der Waals surface area contributed by atoms with Crippen LogP contribution in [0.2, 0.25) is 0 Å². The molecule has 0 aliphatic heterocycles. The zero-order chi connectivity index (χ0) is 14.6. The number of benzene rings is 1. The van der Waals surface area contributed by atoms with E-state index in [1.165, 1.54) is 13.2 Å². The maximum Gasteiger partial charge on any atom is 0.330 e. The van der Waals surface area contributed by atoms with Gasteiger partial charge in [0.2, 0.25) is 0 Å². The lowest BCUT2D eigenvalue weighted by Crippen LogP contribution is -2.51. The van der Waals surface area contributed by atoms with Gasteiger partial charge in [-0.1, -0.05) is 28.9 Å². The molecule has 0 spiro atoms. The minimum absolute atomic E-state index is 0.0622. The first-order chi connectivity index (χ1) is 8.85. The van der Waals surface area contributed by atoms with Crippen molar-refractivity contribution in [1.82, 2.24) is 5.32 Å². The molecule has 0 aliphatic rings. The van der Waals surface area contributed by atoms with Crippen molar-refractivity contribution >= 4 is 21.9 Å². The molecule has 1 aromatic rings. The molecule has 106 valence electrons. The number of ether oxygens (including phenoxy) is 1. The number of hydrogen-bond donors (Lipinski definition) is 1. The van der Waals surface area contributed by atoms with E-state index in [1.54, 1.807) is 19.1 Å². The van der Waals surface area contributed by atoms with Crippen molar-refractivity contribution in [3.8, 4) is 0 Å². The lowest BCUT2D eigenvalue weighted by molar-refractivity contribution is -0.148. The van der Waals surface area contributed by atoms with Gasteiger partial charge < -0.3 is 4.74 Å². The molecule has 0 heterocycles. The van der Waals surface area contributed by atoms with Crippen molar-refractivity contribution in [1.29, 1.82) is 0 Å². The number of hydrogen-bond acceptors (Lipinski definition) is 3. The number of esters is 1. The Morgan fingerprint density at radius 2 is 2.21 bits per heavy atom. The standard InChI is InChI=1S/C14H19BrFNO2/c1-5-9(2)17-14(3,13(18)19-4)11-7-6-10(15)8-12(11)16/h6-9,17H,5H2,1-4H3. The van der Waals surface area contributed by atoms with E-state index in [4.69, 9.17) is 4.74 Å². The zero-order valence-corrected chi connectivity index (χ0v) is 13.2. The SMILES string of the molecule is CCC(C)NC(C)(C(=O)OC)c1ccc(Br)cc1F. The highest BCUT2D eigenvalue weighted by molar-refractivity contribution is 9.10. The van der Waals surface area contributed by atoms with Crippen LogP contribution in [-0.4, -0.2) is 19.1 Å². The largest absolute Gasteiger partial charge is 0.467 e. The van der Waals surface area contributed by atoms with Crippen LogP contribution in [0.25, 0.3) is 0 Å². The molecule has 1 N–H and O–H groups in total. The molecule has 1 aromatic carbocycles. The molecule has 0 saturated heterocycles. The van der Waals surface area contributed by atoms with Crippen LogP contribution < -0.4 is 5.32 Å². The Bertz CT molecular complexity index is 467. The van der Waals surface area contributed by atoms with Gasteiger partial charge in [-0.25, -0.2) is 9.18 Å². The molecule has 5 heteroatoms. The Hall–Kier alpha value is -0.940. The van der Waals surface area contributed by atoms with E-state index in [1.807, 2.05) is 13.8 Å². The van der Waals surface area contributed by atoms with Crippen LogP contribution in [0, 0.1) is 5.82 Å². The number of carbonyl (C=O) groups is 1. The molecule has 0 radical (unpaired) electrons. The molecule has 3 nitrogen and oxygen atoms in total. The third-order valence-corrected chi connectivity index (χ3v) is 3.70. The molecule has 19 heavy (non-hydrogen) atoms. The fourth-order valence-electron chi connectivity index (χ4n) is 1.94. The number of carbonyl (C=O) groups excluding carboxylic acids is 1. The van der Waals surface area contributed by atoms with Crippen LogP contribution in [0.3, 0.4) is 0 Å². The fraction of sp³-hybridized carbons (Fsp3) is 0.500. The quantitative estimate of drug-likeness (QED) is 0.841. The molecule has 2 atom stereocenters. The van der Waals surface area contributed by atoms with E-state index >= 15 is 0 Å². The molecular formula is C14H19BrFNO2. The lowest BCUT2D eigenvalue weighted by Gasteiger charge is -2.31. The van der Waals surface area contributed by atoms with Crippen molar-refractivity contribution in [2.24, 2.45) is 0 Å². The first kappa shape index (κ1) is 16.1. The highest BCUT2D eigenvalue weighted by atomic mass is 79.9. The second kappa shape index (κ2) is 6.48. The summed E-state index contributed by atoms with van der Waals surface area (Å²) in [5, 5.41) is 3.14. The predicted octanol–water partition coefficient (Wildman–Crippen LogP) is 3.36. The Labute approximate surface area is 121 Å². The average molecular weight is 332 g/mol. The minimum atomic E-state index is -1.20. The van der Waals surface area contributed by atoms with Crippen molar-refractivity contribution in [2.45, 2.75) is 38.8 Å². The van der Waals surface area contributed by atoms with Crippen LogP contribution in [0.1, 0.15) is 32.8 Å². The lowest BCUT2D eigenvalue weighted by atomic mass is 9.90. The summed E-state index contributed by atoms with van der Waals surface area (Å²) in [5.41, 5.74) is -0.919. The third-order valence-electron chi connectivity index (χ3n) is 3.21. The summed E-state index contributed by atoms with van der Waals surface area (Å²) in [7, 11) is 1.30. The van der Waals surface area contributed by atoms with E-state index in [2.05, 4.69) is 21.2 Å². The minimum Gasteiger partial charge on any atom is -0.467 e. The average Bonchev–Trinajstić information content (AvgIpc) is 2.37. The highest BCUT2D eigenvalue weighted by Gasteiger charge is 2.39. The Kier molecular flexibility index (Phi) is 5.50. The Morgan fingerprint density at radius 3 is 2.68 bits per heavy atom. The van der Waals surface area contributed by atoms with Crippen molar-refractivity contribution < 1.29 is 13.9 Å². The normalized spacial score (nSPS) is 15.7. The van der Waals surface area contributed by atoms with Gasteiger partial charge in [-0.05, 0) is 32.4 Å². The van der Waals surface area contributed by atoms with E-state index < -0.39 is 17.3 Å². The summed E-state index contributed by atoms with van der Waals surface area (Å²) < 4.78 is 19.6. The first-order valence-electron chi connectivity index (χ1n) is 6.16. The van der Waals surface area contributed by atoms with Gasteiger partial charge in [-0.15, -0.1) is 0 Å². The molecule has 0 amide bonds. The summed E-state index contributed by atoms with van der Waals surface area (Å²) in [4.78, 5) is 12.1. The van der Waals surface area contributed by atoms with Gasteiger partial charge in [0.25, 0.3) is 0 Å². The van der Waals surface area contributed by atoms with Crippen LogP contribution >= 0.6 is 15.9 Å². The van der Waals surface area contributed by atoms with Crippen molar-refractivity contribution in [3.05, 3.63) is 34.1 Å². The van der Waals surface area contributed by atoms with Gasteiger partial charge in [0.15, 0.2) is 0 Å². The van der Waals surface area contributed by atoms with Gasteiger partial charge in [-0.2, -0.15) is 0 Å². The van der Waals surface area contributed by atoms with Crippen molar-refractivity contribution in [2.75, 3.05) is 7.11 Å². The molecule has 1 rings (SSSR count). The summed E-state index contributed by atoms with van der Waals surface area (Å²) in [6, 6.07) is 4.70. The molecule has 0 aliphatic carbocycles. The number of nitrogens with one attached hydrogen (secondary N) is 1. The van der Waals surface area contributed by atoms with Crippen LogP contribution in [0.5, 0.6) is 0 Å². The van der Waals surface area contributed by atoms with Gasteiger partial charge >= 0.3 is 5.97 Å². The number of halogens is 2. The van der Waals surface area contributed by atoms with Gasteiger partial charge in [0.05, 0.1) is 7.11 Å². The van der Waals surface area contributed by atoms with E-state index in [0.717, 1.165) is 6.42 Å². The van der Waals surface area contributed by atoms with Crippen LogP contribution in [-0.2, 0) is 15.1 Å². The van der Waals surface area contributed by atoms with Crippen molar-refractivity contribution in [3.63, 3.8) is 0 Å². The maximum atomic E-state index is 14.1. The molecule has 0 fully saturated rings. The van der Waals surface area contributed by atoms with E-state index in [9.17, 15) is 9.18 Å². The second-order valence-electron chi connectivity index (χ2n) is 4.69. The maximum absolute atomic E-state index is 14.1. The number of rotatable bonds is 5. The summed E-state index contributed by atoms with van der Waals surface area (Å²) in [6.07, 6.45) is 0.824. The molecule has 0 bridgehead atoms. The third kappa shape index (κ3) is 3.54. The molecule has 0 saturated carbocycles. The van der Waals surface area contributed by atoms with Gasteiger partial charge in [0, 0.05) is 16.1 Å². The smallest absolute Gasteiger partial charge is 0.330 e. The molecule has 2 unspecified atom stereocenters. The topological polar surface area (TPSA) is 38.3 Å². The monoisotopic (exact) mass is 331 g/mol. The van der Waals surface area contributed by atoms with Gasteiger partial charge in [0.1, 0.15) is 11.4 Å². The summed E-state index contributed by atoms with van der Waals surface area (Å²) >= 11 is 3.21. The second-order valence-corrected chi connectivity index (χ2v) is 5.61. The Morgan fingerprint density at radius 1 is 1.58 bits per heavy atom. The van der Waals surface area contributed by atoms with E-state index in [0.29, 0.717) is 4.47 Å². The zero-order valence-electron chi connectivity index (χ0n) is 11.6. The summed E-state index contributed by atoms with van der Waals surface area (Å²) in [6.45, 7) is 5.57. The first-order valence-corrected chi connectivity index (χ1v) is 6.96. The van der Waals surface area contributed by atoms with Crippen LogP contribution in [0.4, 0.5) is 4.39 Å². The molecular weight excluding hydrogens is 313 g/mol. The fourth-order valence-corrected chi connectivity index (χ4v) is 2.27. The van der Waals surface area contributed by atoms with Gasteiger partial charge in [-0.3, -0.25) is 5.32 Å². The summed E-state index contributed by atoms with van der Waals surface area (Å²) in [5.74, 6) is -0.952. The number of methoxy groups -OCH3 is 1. The highest BCUT2D eigenvalue weighted by Crippen LogP contribution is 2.28. The molecule has 0 aromatic heterocycles. The van der Waals surface area contributed by atoms with Crippen LogP contribution in [0.15, 0.2) is 22.7 Å². The van der Waals surface area contributed by atoms with E-state index in [-0.39, 0.29) is 11.6 Å².